The van der Waals surface area contributed by atoms with Gasteiger partial charge in [-0.3, -0.25) is 0 Å². The Bertz CT molecular complexity index is 1400. The van der Waals surface area contributed by atoms with E-state index in [0.29, 0.717) is 11.9 Å². The quantitative estimate of drug-likeness (QED) is 0.250. The van der Waals surface area contributed by atoms with Crippen LogP contribution in [0.1, 0.15) is 35.1 Å². The van der Waals surface area contributed by atoms with Gasteiger partial charge >= 0.3 is 231 Å². The number of carbonyl (C=O) groups is 2. The molecule has 1 N–H and O–H groups in total. The summed E-state index contributed by atoms with van der Waals surface area (Å²) in [6.45, 7) is 1.98. The molecule has 0 radical (unpaired) electrons. The molecule has 0 saturated carbocycles. The molecule has 6 heteroatoms. The Balaban J connectivity index is 2.23. The van der Waals surface area contributed by atoms with Crippen LogP contribution in [0.2, 0.25) is 0 Å². The van der Waals surface area contributed by atoms with E-state index < -0.39 is 18.8 Å². The van der Waals surface area contributed by atoms with Crippen LogP contribution in [0, 0.1) is 20.8 Å². The normalized spacial score (nSPS) is 12.3. The maximum atomic E-state index is 13.9. The summed E-state index contributed by atoms with van der Waals surface area (Å²) in [5.74, 6) is -0.865. The third kappa shape index (κ3) is 5.20. The summed E-state index contributed by atoms with van der Waals surface area (Å²) >= 11 is 0. The van der Waals surface area contributed by atoms with E-state index in [2.05, 4.69) is 18.2 Å². The second-order valence-electron chi connectivity index (χ2n) is 9.94. The van der Waals surface area contributed by atoms with Crippen molar-refractivity contribution >= 4 is 34.7 Å². The van der Waals surface area contributed by atoms with Gasteiger partial charge in [-0.05, 0) is 0 Å². The SMILES string of the molecule is COc1cccc(CP(OC(=O)CCC(=O)O)(c2ccccc2C)(c2ccccc2C)c2ccccc2C)c1. The van der Waals surface area contributed by atoms with Gasteiger partial charge in [0.2, 0.25) is 0 Å². The van der Waals surface area contributed by atoms with Crippen LogP contribution >= 0.6 is 6.83 Å². The number of rotatable bonds is 10. The molecule has 5 nitrogen and oxygen atoms in total. The van der Waals surface area contributed by atoms with E-state index in [0.717, 1.165) is 38.2 Å². The molecule has 0 amide bonds. The zero-order chi connectivity index (χ0) is 28.1. The molecule has 0 aliphatic heterocycles. The van der Waals surface area contributed by atoms with Gasteiger partial charge in [0.15, 0.2) is 0 Å². The standard InChI is InChI=1S/C33H35O5P/c1-24-12-5-8-17-29(24)39(30-18-9-6-13-25(30)2,31-19-10-7-14-26(31)3,38-33(36)21-20-32(34)35)23-27-15-11-16-28(22-27)37-4/h5-19,22H,20-21,23H2,1-4H3,(H,34,35). The van der Waals surface area contributed by atoms with Gasteiger partial charge in [-0.25, -0.2) is 0 Å². The Morgan fingerprint density at radius 1 is 0.692 bits per heavy atom. The van der Waals surface area contributed by atoms with E-state index in [1.807, 2.05) is 99.6 Å². The molecule has 0 heterocycles. The first-order valence-corrected chi connectivity index (χ1v) is 15.3. The first-order chi connectivity index (χ1) is 18.7. The number of methoxy groups -OCH3 is 1. The fourth-order valence-corrected chi connectivity index (χ4v) is 12.5. The van der Waals surface area contributed by atoms with Gasteiger partial charge in [0.25, 0.3) is 0 Å². The third-order valence-electron chi connectivity index (χ3n) is 7.34. The Kier molecular flexibility index (Phi) is 8.22. The van der Waals surface area contributed by atoms with Crippen LogP contribution in [0.15, 0.2) is 97.1 Å². The molecule has 0 bridgehead atoms. The van der Waals surface area contributed by atoms with Crippen molar-refractivity contribution in [1.29, 1.82) is 0 Å². The van der Waals surface area contributed by atoms with Crippen LogP contribution in [0.3, 0.4) is 0 Å². The third-order valence-corrected chi connectivity index (χ3v) is 13.5. The van der Waals surface area contributed by atoms with E-state index in [1.165, 1.54) is 0 Å². The average Bonchev–Trinajstić information content (AvgIpc) is 2.92. The maximum absolute atomic E-state index is 13.9. The number of aryl methyl sites for hydroxylation is 3. The zero-order valence-corrected chi connectivity index (χ0v) is 23.8. The van der Waals surface area contributed by atoms with Gasteiger partial charge in [-0.1, -0.05) is 0 Å². The van der Waals surface area contributed by atoms with Crippen LogP contribution < -0.4 is 20.7 Å². The number of benzene rings is 4. The van der Waals surface area contributed by atoms with Crippen LogP contribution in [-0.4, -0.2) is 24.2 Å². The van der Waals surface area contributed by atoms with E-state index in [4.69, 9.17) is 9.26 Å². The average molecular weight is 543 g/mol. The monoisotopic (exact) mass is 542 g/mol. The summed E-state index contributed by atoms with van der Waals surface area (Å²) in [7, 11) is 1.63. The van der Waals surface area contributed by atoms with E-state index in [1.54, 1.807) is 7.11 Å². The van der Waals surface area contributed by atoms with Crippen LogP contribution in [0.25, 0.3) is 0 Å². The van der Waals surface area contributed by atoms with Crippen molar-refractivity contribution in [1.82, 2.24) is 0 Å². The van der Waals surface area contributed by atoms with E-state index >= 15 is 0 Å². The van der Waals surface area contributed by atoms with Crippen molar-refractivity contribution in [2.45, 2.75) is 39.8 Å². The topological polar surface area (TPSA) is 72.8 Å². The molecule has 39 heavy (non-hydrogen) atoms. The molecular formula is C33H35O5P. The van der Waals surface area contributed by atoms with E-state index in [-0.39, 0.29) is 12.8 Å². The Labute approximate surface area is 230 Å². The van der Waals surface area contributed by atoms with Gasteiger partial charge in [0.1, 0.15) is 0 Å². The molecule has 0 atom stereocenters. The molecule has 0 aliphatic carbocycles. The Morgan fingerprint density at radius 3 is 1.62 bits per heavy atom. The second-order valence-corrected chi connectivity index (χ2v) is 14.3. The molecule has 0 fully saturated rings. The fraction of sp³-hybridized carbons (Fsp3) is 0.212. The minimum atomic E-state index is -4.16. The van der Waals surface area contributed by atoms with Crippen molar-refractivity contribution in [2.75, 3.05) is 7.11 Å². The summed E-state index contributed by atoms with van der Waals surface area (Å²) in [5.41, 5.74) is 3.94. The van der Waals surface area contributed by atoms with Gasteiger partial charge in [-0.2, -0.15) is 0 Å². The van der Waals surface area contributed by atoms with Gasteiger partial charge in [-0.15, -0.1) is 0 Å². The van der Waals surface area contributed by atoms with Crippen molar-refractivity contribution in [3.05, 3.63) is 119 Å². The van der Waals surface area contributed by atoms with Crippen molar-refractivity contribution < 1.29 is 24.0 Å². The number of ether oxygens (including phenoxy) is 1. The number of carboxylic acids is 1. The minimum absolute atomic E-state index is 0.227. The van der Waals surface area contributed by atoms with Gasteiger partial charge in [0.05, 0.1) is 0 Å². The number of aliphatic carboxylic acids is 1. The summed E-state index contributed by atoms with van der Waals surface area (Å²) in [4.78, 5) is 25.3. The number of carboxylic acid groups (broad SMARTS) is 1. The summed E-state index contributed by atoms with van der Waals surface area (Å²) in [6.07, 6.45) is -0.142. The summed E-state index contributed by atoms with van der Waals surface area (Å²) in [6, 6.07) is 32.1. The van der Waals surface area contributed by atoms with Crippen LogP contribution in [0.5, 0.6) is 5.75 Å². The number of carbonyl (C=O) groups excluding carboxylic acids is 1. The Morgan fingerprint density at radius 2 is 1.18 bits per heavy atom. The first-order valence-electron chi connectivity index (χ1n) is 13.0. The fourth-order valence-electron chi connectivity index (χ4n) is 5.71. The number of hydrogen-bond acceptors (Lipinski definition) is 4. The molecule has 4 aromatic carbocycles. The molecule has 4 aromatic rings. The van der Waals surface area contributed by atoms with Crippen LogP contribution in [-0.2, 0) is 20.3 Å². The summed E-state index contributed by atoms with van der Waals surface area (Å²) < 4.78 is 12.6. The van der Waals surface area contributed by atoms with E-state index in [9.17, 15) is 14.7 Å². The predicted octanol–water partition coefficient (Wildman–Crippen LogP) is 5.97. The molecule has 0 unspecified atom stereocenters. The molecule has 0 spiro atoms. The zero-order valence-electron chi connectivity index (χ0n) is 22.9. The second kappa shape index (κ2) is 11.4. The molecule has 202 valence electrons. The van der Waals surface area contributed by atoms with Crippen LogP contribution in [0.4, 0.5) is 0 Å². The molecule has 0 saturated heterocycles. The van der Waals surface area contributed by atoms with Crippen molar-refractivity contribution in [2.24, 2.45) is 0 Å². The van der Waals surface area contributed by atoms with Crippen molar-refractivity contribution in [3.8, 4) is 5.75 Å². The number of hydrogen-bond donors (Lipinski definition) is 1. The first kappa shape index (κ1) is 28.1. The molecular weight excluding hydrogens is 507 g/mol. The molecule has 0 aromatic heterocycles. The van der Waals surface area contributed by atoms with Gasteiger partial charge in [0, 0.05) is 0 Å². The Hall–Kier alpha value is -3.95. The van der Waals surface area contributed by atoms with Gasteiger partial charge < -0.3 is 0 Å². The van der Waals surface area contributed by atoms with Crippen molar-refractivity contribution in [3.63, 3.8) is 0 Å². The molecule has 4 rings (SSSR count). The summed E-state index contributed by atoms with van der Waals surface area (Å²) in [5, 5.41) is 12.2. The predicted molar refractivity (Wildman–Crippen MR) is 159 cm³/mol. The molecule has 0 aliphatic rings.